The third-order valence-corrected chi connectivity index (χ3v) is 7.37. The normalized spacial score (nSPS) is 18.1. The summed E-state index contributed by atoms with van der Waals surface area (Å²) < 4.78 is 18.5. The molecule has 3 aromatic carbocycles. The molecule has 0 N–H and O–H groups in total. The molecule has 29 heavy (non-hydrogen) atoms. The Morgan fingerprint density at radius 3 is 2.34 bits per heavy atom. The van der Waals surface area contributed by atoms with Crippen molar-refractivity contribution in [1.29, 1.82) is 0 Å². The van der Waals surface area contributed by atoms with Crippen LogP contribution >= 0.6 is 11.6 Å². The number of aromatic nitrogens is 1. The standard InChI is InChI=1S/C24H17ClN2OS/c1-16-15-29(28,20-5-3-2-4-6-20)27-24-21(16)13-9-18-10-14-22(26-23(18)24)17-7-11-19(25)12-8-17/h2-15H,1H3. The molecule has 4 aromatic rings. The van der Waals surface area contributed by atoms with Crippen LogP contribution in [0.2, 0.25) is 5.02 Å². The molecule has 0 saturated heterocycles. The van der Waals surface area contributed by atoms with Gasteiger partial charge in [-0.3, -0.25) is 0 Å². The molecule has 1 aliphatic heterocycles. The Morgan fingerprint density at radius 1 is 0.862 bits per heavy atom. The van der Waals surface area contributed by atoms with Crippen LogP contribution in [0.15, 0.2) is 93.5 Å². The molecule has 0 aliphatic carbocycles. The van der Waals surface area contributed by atoms with Crippen LogP contribution in [-0.2, 0) is 10.1 Å². The highest BCUT2D eigenvalue weighted by Crippen LogP contribution is 2.42. The Hall–Kier alpha value is -2.79. The van der Waals surface area contributed by atoms with E-state index in [4.69, 9.17) is 20.9 Å². The van der Waals surface area contributed by atoms with E-state index in [2.05, 4.69) is 0 Å². The molecule has 1 aliphatic rings. The first kappa shape index (κ1) is 18.3. The largest absolute Gasteiger partial charge is 0.622 e. The summed E-state index contributed by atoms with van der Waals surface area (Å²) >= 11 is 6.02. The van der Waals surface area contributed by atoms with Gasteiger partial charge in [-0.2, -0.15) is 0 Å². The van der Waals surface area contributed by atoms with E-state index in [1.54, 1.807) is 5.41 Å². The molecule has 0 fully saturated rings. The second-order valence-corrected chi connectivity index (χ2v) is 9.47. The van der Waals surface area contributed by atoms with Gasteiger partial charge in [-0.05, 0) is 47.4 Å². The predicted octanol–water partition coefficient (Wildman–Crippen LogP) is 7.09. The van der Waals surface area contributed by atoms with Crippen molar-refractivity contribution in [1.82, 2.24) is 4.98 Å². The fourth-order valence-corrected chi connectivity index (χ4v) is 5.60. The van der Waals surface area contributed by atoms with Crippen molar-refractivity contribution >= 4 is 43.9 Å². The summed E-state index contributed by atoms with van der Waals surface area (Å²) in [5, 5.41) is 3.43. The van der Waals surface area contributed by atoms with E-state index in [1.165, 1.54) is 0 Å². The molecule has 0 radical (unpaired) electrons. The van der Waals surface area contributed by atoms with Crippen molar-refractivity contribution in [3.05, 3.63) is 94.9 Å². The van der Waals surface area contributed by atoms with Gasteiger partial charge in [0.2, 0.25) is 0 Å². The van der Waals surface area contributed by atoms with E-state index in [9.17, 15) is 4.55 Å². The number of pyridine rings is 1. The van der Waals surface area contributed by atoms with Gasteiger partial charge in [0, 0.05) is 27.1 Å². The summed E-state index contributed by atoms with van der Waals surface area (Å²) in [5.74, 6) is 0. The minimum absolute atomic E-state index is 0.685. The molecule has 5 heteroatoms. The van der Waals surface area contributed by atoms with E-state index in [0.717, 1.165) is 33.3 Å². The molecule has 2 heterocycles. The molecule has 1 aromatic heterocycles. The van der Waals surface area contributed by atoms with E-state index in [1.807, 2.05) is 85.8 Å². The van der Waals surface area contributed by atoms with Crippen LogP contribution in [-0.4, -0.2) is 9.54 Å². The zero-order valence-electron chi connectivity index (χ0n) is 15.7. The average Bonchev–Trinajstić information content (AvgIpc) is 2.74. The Labute approximate surface area is 175 Å². The molecule has 1 atom stereocenters. The number of halogens is 1. The van der Waals surface area contributed by atoms with E-state index >= 15 is 0 Å². The maximum Gasteiger partial charge on any atom is 0.144 e. The molecule has 0 amide bonds. The monoisotopic (exact) mass is 416 g/mol. The summed E-state index contributed by atoms with van der Waals surface area (Å²) in [5.41, 5.74) is 5.16. The minimum atomic E-state index is -2.70. The van der Waals surface area contributed by atoms with Crippen molar-refractivity contribution in [2.24, 2.45) is 4.36 Å². The fraction of sp³-hybridized carbons (Fsp3) is 0.0417. The Balaban J connectivity index is 1.77. The van der Waals surface area contributed by atoms with Gasteiger partial charge in [-0.25, -0.2) is 4.98 Å². The number of nitrogens with zero attached hydrogens (tertiary/aromatic N) is 2. The van der Waals surface area contributed by atoms with Crippen molar-refractivity contribution in [3.8, 4) is 11.3 Å². The van der Waals surface area contributed by atoms with E-state index < -0.39 is 10.1 Å². The highest BCUT2D eigenvalue weighted by Gasteiger charge is 2.25. The molecule has 0 saturated carbocycles. The third-order valence-electron chi connectivity index (χ3n) is 5.04. The molecule has 142 valence electrons. The summed E-state index contributed by atoms with van der Waals surface area (Å²) in [6, 6.07) is 25.1. The van der Waals surface area contributed by atoms with Gasteiger partial charge in [-0.1, -0.05) is 64.5 Å². The number of benzene rings is 3. The van der Waals surface area contributed by atoms with E-state index in [0.29, 0.717) is 15.6 Å². The Kier molecular flexibility index (Phi) is 4.36. The van der Waals surface area contributed by atoms with Crippen LogP contribution in [0.3, 0.4) is 0 Å². The summed E-state index contributed by atoms with van der Waals surface area (Å²) in [6.07, 6.45) is 0. The van der Waals surface area contributed by atoms with Crippen LogP contribution < -0.4 is 0 Å². The van der Waals surface area contributed by atoms with Gasteiger partial charge < -0.3 is 4.55 Å². The van der Waals surface area contributed by atoms with Crippen molar-refractivity contribution in [2.75, 3.05) is 0 Å². The number of rotatable bonds is 2. The summed E-state index contributed by atoms with van der Waals surface area (Å²) in [4.78, 5) is 5.60. The van der Waals surface area contributed by atoms with Gasteiger partial charge in [0.15, 0.2) is 0 Å². The quantitative estimate of drug-likeness (QED) is 0.327. The zero-order chi connectivity index (χ0) is 20.0. The first-order valence-corrected chi connectivity index (χ1v) is 11.2. The molecule has 0 spiro atoms. The average molecular weight is 417 g/mol. The summed E-state index contributed by atoms with van der Waals surface area (Å²) in [7, 11) is -2.70. The molecule has 0 bridgehead atoms. The maximum absolute atomic E-state index is 13.7. The first-order chi connectivity index (χ1) is 14.0. The summed E-state index contributed by atoms with van der Waals surface area (Å²) in [6.45, 7) is 1.98. The number of hydrogen-bond donors (Lipinski definition) is 0. The van der Waals surface area contributed by atoms with Crippen molar-refractivity contribution < 1.29 is 4.55 Å². The minimum Gasteiger partial charge on any atom is -0.622 e. The second-order valence-electron chi connectivity index (χ2n) is 7.01. The van der Waals surface area contributed by atoms with Crippen LogP contribution in [0.4, 0.5) is 5.69 Å². The van der Waals surface area contributed by atoms with Crippen LogP contribution in [0.1, 0.15) is 12.5 Å². The zero-order valence-corrected chi connectivity index (χ0v) is 17.2. The first-order valence-electron chi connectivity index (χ1n) is 9.24. The van der Waals surface area contributed by atoms with Gasteiger partial charge in [0.1, 0.15) is 21.5 Å². The maximum atomic E-state index is 13.7. The lowest BCUT2D eigenvalue weighted by Crippen LogP contribution is -2.10. The lowest BCUT2D eigenvalue weighted by molar-refractivity contribution is 0.593. The van der Waals surface area contributed by atoms with Gasteiger partial charge >= 0.3 is 0 Å². The predicted molar refractivity (Wildman–Crippen MR) is 121 cm³/mol. The smallest absolute Gasteiger partial charge is 0.144 e. The molecular formula is C24H17ClN2OS. The topological polar surface area (TPSA) is 48.3 Å². The highest BCUT2D eigenvalue weighted by atomic mass is 35.5. The molecule has 5 rings (SSSR count). The molecule has 3 nitrogen and oxygen atoms in total. The SMILES string of the molecule is CC1=C[S+]([O-])(c2ccccc2)=Nc2c1ccc1ccc(-c3ccc(Cl)cc3)nc21. The van der Waals surface area contributed by atoms with Crippen molar-refractivity contribution in [2.45, 2.75) is 11.8 Å². The van der Waals surface area contributed by atoms with Gasteiger partial charge in [0.05, 0.1) is 5.69 Å². The fourth-order valence-electron chi connectivity index (χ4n) is 3.57. The number of fused-ring (bicyclic) bond motifs is 3. The third kappa shape index (κ3) is 3.19. The van der Waals surface area contributed by atoms with Crippen molar-refractivity contribution in [3.63, 3.8) is 0 Å². The Morgan fingerprint density at radius 2 is 1.59 bits per heavy atom. The van der Waals surface area contributed by atoms with Crippen LogP contribution in [0.5, 0.6) is 0 Å². The molecular weight excluding hydrogens is 400 g/mol. The lowest BCUT2D eigenvalue weighted by Gasteiger charge is -2.24. The lowest BCUT2D eigenvalue weighted by atomic mass is 10.0. The Bertz CT molecular complexity index is 1330. The second kappa shape index (κ2) is 6.92. The van der Waals surface area contributed by atoms with E-state index in [-0.39, 0.29) is 0 Å². The molecule has 1 unspecified atom stereocenters. The highest BCUT2D eigenvalue weighted by molar-refractivity contribution is 8.03. The van der Waals surface area contributed by atoms with Gasteiger partial charge in [0.25, 0.3) is 0 Å². The van der Waals surface area contributed by atoms with Gasteiger partial charge in [-0.15, -0.1) is 0 Å². The van der Waals surface area contributed by atoms with Crippen LogP contribution in [0, 0.1) is 0 Å². The van der Waals surface area contributed by atoms with Crippen LogP contribution in [0.25, 0.3) is 27.7 Å². The number of allylic oxidation sites excluding steroid dienone is 1. The number of hydrogen-bond acceptors (Lipinski definition) is 3.